The lowest BCUT2D eigenvalue weighted by atomic mass is 10.1. The van der Waals surface area contributed by atoms with Gasteiger partial charge in [-0.1, -0.05) is 24.4 Å². The Bertz CT molecular complexity index is 495. The molecule has 1 aromatic heterocycles. The zero-order valence-electron chi connectivity index (χ0n) is 10.3. The first-order valence-electron chi connectivity index (χ1n) is 6.11. The maximum absolute atomic E-state index is 12.3. The second-order valence-electron chi connectivity index (χ2n) is 4.43. The summed E-state index contributed by atoms with van der Waals surface area (Å²) in [5, 5.41) is 9.35. The predicted molar refractivity (Wildman–Crippen MR) is 68.0 cm³/mol. The van der Waals surface area contributed by atoms with Gasteiger partial charge in [-0.15, -0.1) is 0 Å². The van der Waals surface area contributed by atoms with Crippen LogP contribution in [0, 0.1) is 0 Å². The van der Waals surface area contributed by atoms with Crippen LogP contribution in [0.3, 0.4) is 0 Å². The standard InChI is InChI=1S/C12H14ClN3O3/c13-10-7-14-6-8(15-10)11(17)16-5-3-1-2-4-9(16)12(18)19/h6-7,9H,1-5H2,(H,18,19). The first-order chi connectivity index (χ1) is 9.09. The zero-order chi connectivity index (χ0) is 13.8. The van der Waals surface area contributed by atoms with Crippen LogP contribution in [-0.4, -0.2) is 44.4 Å². The minimum absolute atomic E-state index is 0.0839. The summed E-state index contributed by atoms with van der Waals surface area (Å²) >= 11 is 5.70. The van der Waals surface area contributed by atoms with Crippen LogP contribution in [0.1, 0.15) is 36.2 Å². The first kappa shape index (κ1) is 13.7. The van der Waals surface area contributed by atoms with Crippen molar-refractivity contribution >= 4 is 23.5 Å². The largest absolute Gasteiger partial charge is 0.480 e. The summed E-state index contributed by atoms with van der Waals surface area (Å²) in [6, 6.07) is -0.796. The number of carbonyl (C=O) groups is 2. The highest BCUT2D eigenvalue weighted by atomic mass is 35.5. The summed E-state index contributed by atoms with van der Waals surface area (Å²) in [4.78, 5) is 32.6. The quantitative estimate of drug-likeness (QED) is 0.891. The average Bonchev–Trinajstić information content (AvgIpc) is 2.63. The Kier molecular flexibility index (Phi) is 4.31. The lowest BCUT2D eigenvalue weighted by Crippen LogP contribution is -2.45. The molecule has 1 aromatic rings. The molecule has 0 aliphatic carbocycles. The highest BCUT2D eigenvalue weighted by Gasteiger charge is 2.32. The van der Waals surface area contributed by atoms with Crippen molar-refractivity contribution in [2.45, 2.75) is 31.7 Å². The number of aliphatic carboxylic acids is 1. The van der Waals surface area contributed by atoms with Crippen LogP contribution in [0.4, 0.5) is 0 Å². The van der Waals surface area contributed by atoms with E-state index >= 15 is 0 Å². The Balaban J connectivity index is 2.26. The molecule has 7 heteroatoms. The van der Waals surface area contributed by atoms with Crippen molar-refractivity contribution in [3.8, 4) is 0 Å². The van der Waals surface area contributed by atoms with Crippen molar-refractivity contribution < 1.29 is 14.7 Å². The van der Waals surface area contributed by atoms with Crippen molar-refractivity contribution in [2.75, 3.05) is 6.54 Å². The number of hydrogen-bond donors (Lipinski definition) is 1. The number of carbonyl (C=O) groups excluding carboxylic acids is 1. The number of halogens is 1. The van der Waals surface area contributed by atoms with Gasteiger partial charge < -0.3 is 10.0 Å². The van der Waals surface area contributed by atoms with Crippen molar-refractivity contribution in [3.63, 3.8) is 0 Å². The molecule has 1 saturated heterocycles. The molecular formula is C12H14ClN3O3. The Morgan fingerprint density at radius 1 is 1.32 bits per heavy atom. The van der Waals surface area contributed by atoms with Crippen molar-refractivity contribution in [1.29, 1.82) is 0 Å². The molecule has 0 aromatic carbocycles. The molecule has 1 aliphatic rings. The molecule has 2 heterocycles. The molecule has 1 atom stereocenters. The van der Waals surface area contributed by atoms with Gasteiger partial charge >= 0.3 is 5.97 Å². The van der Waals surface area contributed by atoms with E-state index in [9.17, 15) is 14.7 Å². The maximum atomic E-state index is 12.3. The molecule has 2 rings (SSSR count). The summed E-state index contributed by atoms with van der Waals surface area (Å²) in [7, 11) is 0. The van der Waals surface area contributed by atoms with Crippen molar-refractivity contribution in [3.05, 3.63) is 23.2 Å². The van der Waals surface area contributed by atoms with Crippen molar-refractivity contribution in [2.24, 2.45) is 0 Å². The minimum atomic E-state index is -0.981. The van der Waals surface area contributed by atoms with Crippen LogP contribution in [-0.2, 0) is 4.79 Å². The fourth-order valence-electron chi connectivity index (χ4n) is 2.20. The zero-order valence-corrected chi connectivity index (χ0v) is 11.0. The summed E-state index contributed by atoms with van der Waals surface area (Å²) in [5.74, 6) is -1.41. The summed E-state index contributed by atoms with van der Waals surface area (Å²) in [6.07, 6.45) is 5.63. The molecule has 102 valence electrons. The van der Waals surface area contributed by atoms with E-state index in [1.807, 2.05) is 0 Å². The van der Waals surface area contributed by atoms with Crippen LogP contribution in [0.25, 0.3) is 0 Å². The highest BCUT2D eigenvalue weighted by molar-refractivity contribution is 6.29. The summed E-state index contributed by atoms with van der Waals surface area (Å²) < 4.78 is 0. The van der Waals surface area contributed by atoms with E-state index in [-0.39, 0.29) is 10.8 Å². The third-order valence-corrected chi connectivity index (χ3v) is 3.31. The van der Waals surface area contributed by atoms with Gasteiger partial charge in [-0.3, -0.25) is 9.78 Å². The number of nitrogens with zero attached hydrogens (tertiary/aromatic N) is 3. The number of hydrogen-bond acceptors (Lipinski definition) is 4. The summed E-state index contributed by atoms with van der Waals surface area (Å²) in [5.41, 5.74) is 0.0839. The van der Waals surface area contributed by atoms with Gasteiger partial charge in [-0.05, 0) is 12.8 Å². The maximum Gasteiger partial charge on any atom is 0.326 e. The van der Waals surface area contributed by atoms with E-state index in [1.54, 1.807) is 0 Å². The van der Waals surface area contributed by atoms with Gasteiger partial charge in [0.25, 0.3) is 5.91 Å². The first-order valence-corrected chi connectivity index (χ1v) is 6.48. The Hall–Kier alpha value is -1.69. The lowest BCUT2D eigenvalue weighted by molar-refractivity contribution is -0.142. The number of aromatic nitrogens is 2. The Labute approximate surface area is 115 Å². The number of carboxylic acid groups (broad SMARTS) is 1. The highest BCUT2D eigenvalue weighted by Crippen LogP contribution is 2.19. The van der Waals surface area contributed by atoms with E-state index in [0.717, 1.165) is 19.3 Å². The molecule has 6 nitrogen and oxygen atoms in total. The van der Waals surface area contributed by atoms with Gasteiger partial charge in [-0.25, -0.2) is 9.78 Å². The molecule has 1 fully saturated rings. The molecule has 1 unspecified atom stereocenters. The average molecular weight is 284 g/mol. The minimum Gasteiger partial charge on any atom is -0.480 e. The van der Waals surface area contributed by atoms with E-state index in [0.29, 0.717) is 13.0 Å². The van der Waals surface area contributed by atoms with Crippen molar-refractivity contribution in [1.82, 2.24) is 14.9 Å². The number of carboxylic acids is 1. The topological polar surface area (TPSA) is 83.4 Å². The van der Waals surface area contributed by atoms with E-state index < -0.39 is 17.9 Å². The fourth-order valence-corrected chi connectivity index (χ4v) is 2.35. The molecule has 1 amide bonds. The molecule has 1 N–H and O–H groups in total. The number of likely N-dealkylation sites (tertiary alicyclic amines) is 1. The molecule has 0 spiro atoms. The van der Waals surface area contributed by atoms with Gasteiger partial charge in [0, 0.05) is 6.54 Å². The molecule has 0 saturated carbocycles. The normalized spacial score (nSPS) is 19.8. The predicted octanol–water partition coefficient (Wildman–Crippen LogP) is 1.60. The number of rotatable bonds is 2. The molecule has 19 heavy (non-hydrogen) atoms. The molecular weight excluding hydrogens is 270 g/mol. The van der Waals surface area contributed by atoms with Gasteiger partial charge in [0.1, 0.15) is 16.9 Å². The van der Waals surface area contributed by atoms with Crippen LogP contribution in [0.2, 0.25) is 5.15 Å². The van der Waals surface area contributed by atoms with Crippen LogP contribution in [0.5, 0.6) is 0 Å². The van der Waals surface area contributed by atoms with Gasteiger partial charge in [0.2, 0.25) is 0 Å². The third kappa shape index (κ3) is 3.20. The molecule has 0 bridgehead atoms. The fraction of sp³-hybridized carbons (Fsp3) is 0.500. The van der Waals surface area contributed by atoms with E-state index in [1.165, 1.54) is 17.3 Å². The lowest BCUT2D eigenvalue weighted by Gasteiger charge is -2.26. The molecule has 0 radical (unpaired) electrons. The van der Waals surface area contributed by atoms with Gasteiger partial charge in [0.15, 0.2) is 0 Å². The SMILES string of the molecule is O=C(O)C1CCCCCN1C(=O)c1cncc(Cl)n1. The van der Waals surface area contributed by atoms with Gasteiger partial charge in [0.05, 0.1) is 12.4 Å². The monoisotopic (exact) mass is 283 g/mol. The summed E-state index contributed by atoms with van der Waals surface area (Å²) in [6.45, 7) is 0.421. The second-order valence-corrected chi connectivity index (χ2v) is 4.82. The third-order valence-electron chi connectivity index (χ3n) is 3.12. The molecule has 1 aliphatic heterocycles. The Morgan fingerprint density at radius 2 is 2.11 bits per heavy atom. The van der Waals surface area contributed by atoms with E-state index in [4.69, 9.17) is 11.6 Å². The Morgan fingerprint density at radius 3 is 2.79 bits per heavy atom. The van der Waals surface area contributed by atoms with Crippen LogP contribution in [0.15, 0.2) is 12.4 Å². The van der Waals surface area contributed by atoms with Gasteiger partial charge in [-0.2, -0.15) is 0 Å². The smallest absolute Gasteiger partial charge is 0.326 e. The van der Waals surface area contributed by atoms with Crippen LogP contribution < -0.4 is 0 Å². The van der Waals surface area contributed by atoms with Crippen LogP contribution >= 0.6 is 11.6 Å². The number of amides is 1. The van der Waals surface area contributed by atoms with E-state index in [2.05, 4.69) is 9.97 Å². The second kappa shape index (κ2) is 5.97.